The van der Waals surface area contributed by atoms with E-state index in [1.165, 1.54) is 0 Å². The molecule has 77 valence electrons. The minimum absolute atomic E-state index is 0.203. The topological polar surface area (TPSA) is 37.9 Å². The Labute approximate surface area is 89.1 Å². The molecule has 0 spiro atoms. The van der Waals surface area contributed by atoms with E-state index in [9.17, 15) is 0 Å². The van der Waals surface area contributed by atoms with Crippen molar-refractivity contribution in [3.8, 4) is 17.0 Å². The monoisotopic (exact) mass is 201 g/mol. The number of aromatic amines is 1. The molecule has 0 atom stereocenters. The lowest BCUT2D eigenvalue weighted by molar-refractivity contribution is 0.242. The van der Waals surface area contributed by atoms with Gasteiger partial charge in [0.05, 0.1) is 11.8 Å². The van der Waals surface area contributed by atoms with Crippen molar-refractivity contribution in [2.45, 2.75) is 20.0 Å². The molecule has 0 aliphatic carbocycles. The van der Waals surface area contributed by atoms with Crippen molar-refractivity contribution in [3.63, 3.8) is 0 Å². The van der Waals surface area contributed by atoms with E-state index in [4.69, 9.17) is 4.74 Å². The van der Waals surface area contributed by atoms with E-state index in [0.29, 0.717) is 0 Å². The molecule has 1 aromatic heterocycles. The molecule has 0 amide bonds. The van der Waals surface area contributed by atoms with Gasteiger partial charge in [0.25, 0.3) is 0 Å². The summed E-state index contributed by atoms with van der Waals surface area (Å²) in [5.74, 6) is 0.883. The minimum atomic E-state index is 0.203. The van der Waals surface area contributed by atoms with E-state index in [0.717, 1.165) is 17.0 Å². The molecule has 0 saturated carbocycles. The molecule has 0 saturated heterocycles. The lowest BCUT2D eigenvalue weighted by atomic mass is 10.2. The molecule has 0 aliphatic heterocycles. The van der Waals surface area contributed by atoms with Crippen LogP contribution >= 0.6 is 0 Å². The van der Waals surface area contributed by atoms with Gasteiger partial charge in [-0.15, -0.1) is 0 Å². The fourth-order valence-electron chi connectivity index (χ4n) is 1.35. The highest BCUT2D eigenvalue weighted by molar-refractivity contribution is 5.58. The summed E-state index contributed by atoms with van der Waals surface area (Å²) in [6.07, 6.45) is 4.69. The zero-order valence-corrected chi connectivity index (χ0v) is 8.82. The van der Waals surface area contributed by atoms with Crippen LogP contribution in [-0.4, -0.2) is 16.1 Å². The predicted octanol–water partition coefficient (Wildman–Crippen LogP) is 2.66. The van der Waals surface area contributed by atoms with Crippen molar-refractivity contribution in [1.82, 2.24) is 9.97 Å². The summed E-state index contributed by atoms with van der Waals surface area (Å²) in [5.41, 5.74) is 1.95. The van der Waals surface area contributed by atoms with Crippen molar-refractivity contribution in [3.05, 3.63) is 36.8 Å². The van der Waals surface area contributed by atoms with Gasteiger partial charge in [0, 0.05) is 11.8 Å². The van der Waals surface area contributed by atoms with Crippen LogP contribution in [0.5, 0.6) is 5.75 Å². The Morgan fingerprint density at radius 3 is 2.53 bits per heavy atom. The van der Waals surface area contributed by atoms with Crippen molar-refractivity contribution >= 4 is 0 Å². The number of imidazole rings is 1. The highest BCUT2D eigenvalue weighted by Gasteiger charge is 2.01. The Kier molecular flexibility index (Phi) is 2.72. The molecule has 3 nitrogen and oxygen atoms in total. The Morgan fingerprint density at radius 2 is 2.00 bits per heavy atom. The quantitative estimate of drug-likeness (QED) is 0.829. The summed E-state index contributed by atoms with van der Waals surface area (Å²) in [4.78, 5) is 6.86. The van der Waals surface area contributed by atoms with E-state index in [-0.39, 0.29) is 6.10 Å². The summed E-state index contributed by atoms with van der Waals surface area (Å²) in [6, 6.07) is 7.87. The van der Waals surface area contributed by atoms with Crippen LogP contribution in [0.15, 0.2) is 30.5 Å². The zero-order valence-electron chi connectivity index (χ0n) is 8.82. The van der Waals surface area contributed by atoms with E-state index in [1.54, 1.807) is 0 Å². The Hall–Kier alpha value is -1.77. The first-order valence-corrected chi connectivity index (χ1v) is 4.94. The van der Waals surface area contributed by atoms with Gasteiger partial charge in [0.15, 0.2) is 6.33 Å². The van der Waals surface area contributed by atoms with Crippen molar-refractivity contribution in [2.24, 2.45) is 0 Å². The highest BCUT2D eigenvalue weighted by Crippen LogP contribution is 2.20. The number of aromatic nitrogens is 2. The highest BCUT2D eigenvalue weighted by atomic mass is 16.5. The lowest BCUT2D eigenvalue weighted by Crippen LogP contribution is -2.05. The van der Waals surface area contributed by atoms with Crippen LogP contribution in [0.1, 0.15) is 13.8 Å². The number of benzene rings is 1. The molecular weight excluding hydrogens is 188 g/mol. The third-order valence-electron chi connectivity index (χ3n) is 1.97. The molecular formula is C12H13N2O. The molecule has 1 N–H and O–H groups in total. The van der Waals surface area contributed by atoms with Gasteiger partial charge < -0.3 is 9.72 Å². The van der Waals surface area contributed by atoms with E-state index < -0.39 is 0 Å². The summed E-state index contributed by atoms with van der Waals surface area (Å²) < 4.78 is 5.55. The smallest absolute Gasteiger partial charge is 0.174 e. The molecule has 1 heterocycles. The number of H-pyrrole nitrogens is 1. The molecule has 0 bridgehead atoms. The number of rotatable bonds is 3. The maximum absolute atomic E-state index is 5.55. The standard InChI is InChI=1S/C12H13N2O/c1-9(2)15-11-5-3-10(4-6-11)12-7-13-8-14-12/h3-7,9H,1-2H3,(H,13,14). The Bertz CT molecular complexity index is 404. The average Bonchev–Trinajstić information content (AvgIpc) is 2.71. The maximum atomic E-state index is 5.55. The number of nitrogens with one attached hydrogen (secondary N) is 1. The number of hydrogen-bond acceptors (Lipinski definition) is 2. The average molecular weight is 201 g/mol. The van der Waals surface area contributed by atoms with Gasteiger partial charge in [-0.2, -0.15) is 0 Å². The SMILES string of the molecule is CC(C)Oc1ccc(-c2c[nH][c]n2)cc1. The largest absolute Gasteiger partial charge is 0.491 e. The number of nitrogens with zero attached hydrogens (tertiary/aromatic N) is 1. The van der Waals surface area contributed by atoms with Crippen LogP contribution in [0.2, 0.25) is 0 Å². The summed E-state index contributed by atoms with van der Waals surface area (Å²) in [7, 11) is 0. The molecule has 1 aromatic carbocycles. The zero-order chi connectivity index (χ0) is 10.7. The maximum Gasteiger partial charge on any atom is 0.174 e. The van der Waals surface area contributed by atoms with E-state index in [1.807, 2.05) is 44.3 Å². The predicted molar refractivity (Wildman–Crippen MR) is 58.6 cm³/mol. The minimum Gasteiger partial charge on any atom is -0.491 e. The Morgan fingerprint density at radius 1 is 1.27 bits per heavy atom. The lowest BCUT2D eigenvalue weighted by Gasteiger charge is -2.09. The molecule has 2 aromatic rings. The van der Waals surface area contributed by atoms with Crippen LogP contribution in [-0.2, 0) is 0 Å². The van der Waals surface area contributed by atoms with Crippen LogP contribution in [0.4, 0.5) is 0 Å². The fourth-order valence-corrected chi connectivity index (χ4v) is 1.35. The summed E-state index contributed by atoms with van der Waals surface area (Å²) in [5, 5.41) is 0. The molecule has 0 aliphatic rings. The van der Waals surface area contributed by atoms with Crippen LogP contribution in [0.3, 0.4) is 0 Å². The van der Waals surface area contributed by atoms with Gasteiger partial charge in [-0.05, 0) is 38.1 Å². The van der Waals surface area contributed by atoms with Gasteiger partial charge in [-0.1, -0.05) is 0 Å². The van der Waals surface area contributed by atoms with Crippen molar-refractivity contribution < 1.29 is 4.74 Å². The molecule has 15 heavy (non-hydrogen) atoms. The second-order valence-corrected chi connectivity index (χ2v) is 3.59. The normalized spacial score (nSPS) is 10.6. The Balaban J connectivity index is 2.17. The van der Waals surface area contributed by atoms with Crippen molar-refractivity contribution in [2.75, 3.05) is 0 Å². The third-order valence-corrected chi connectivity index (χ3v) is 1.97. The first-order chi connectivity index (χ1) is 7.25. The van der Waals surface area contributed by atoms with Gasteiger partial charge in [0.2, 0.25) is 0 Å². The molecule has 0 fully saturated rings. The number of ether oxygens (including phenoxy) is 1. The second kappa shape index (κ2) is 4.17. The van der Waals surface area contributed by atoms with Crippen molar-refractivity contribution in [1.29, 1.82) is 0 Å². The summed E-state index contributed by atoms with van der Waals surface area (Å²) >= 11 is 0. The molecule has 3 heteroatoms. The second-order valence-electron chi connectivity index (χ2n) is 3.59. The number of hydrogen-bond donors (Lipinski definition) is 1. The van der Waals surface area contributed by atoms with Gasteiger partial charge in [0.1, 0.15) is 5.75 Å². The van der Waals surface area contributed by atoms with Crippen LogP contribution < -0.4 is 4.74 Å². The third kappa shape index (κ3) is 2.37. The van der Waals surface area contributed by atoms with Gasteiger partial charge in [-0.3, -0.25) is 0 Å². The van der Waals surface area contributed by atoms with Gasteiger partial charge >= 0.3 is 0 Å². The molecule has 1 radical (unpaired) electrons. The van der Waals surface area contributed by atoms with E-state index >= 15 is 0 Å². The van der Waals surface area contributed by atoms with E-state index in [2.05, 4.69) is 16.3 Å². The molecule has 0 unspecified atom stereocenters. The fraction of sp³-hybridized carbons (Fsp3) is 0.250. The first kappa shape index (κ1) is 9.77. The first-order valence-electron chi connectivity index (χ1n) is 4.94. The van der Waals surface area contributed by atoms with Gasteiger partial charge in [-0.25, -0.2) is 4.98 Å². The van der Waals surface area contributed by atoms with Crippen LogP contribution in [0.25, 0.3) is 11.3 Å². The van der Waals surface area contributed by atoms with Crippen LogP contribution in [0, 0.1) is 6.33 Å². The molecule has 2 rings (SSSR count). The summed E-state index contributed by atoms with van der Waals surface area (Å²) in [6.45, 7) is 4.02.